The number of aromatic nitrogens is 1. The number of fused-ring (bicyclic) bond motifs is 11. The van der Waals surface area contributed by atoms with Crippen molar-refractivity contribution in [2.24, 2.45) is 0 Å². The van der Waals surface area contributed by atoms with E-state index in [1.54, 1.807) is 0 Å². The fourth-order valence-corrected chi connectivity index (χ4v) is 11.8. The van der Waals surface area contributed by atoms with Crippen LogP contribution in [0, 0.1) is 0 Å². The molecule has 0 spiro atoms. The summed E-state index contributed by atoms with van der Waals surface area (Å²) in [6.07, 6.45) is 0. The lowest BCUT2D eigenvalue weighted by Gasteiger charge is -2.26. The lowest BCUT2D eigenvalue weighted by Crippen LogP contribution is -2.10. The van der Waals surface area contributed by atoms with E-state index in [1.165, 1.54) is 65.4 Å². The maximum Gasteiger partial charge on any atom is 0.143 e. The van der Waals surface area contributed by atoms with Crippen LogP contribution in [0.3, 0.4) is 0 Å². The van der Waals surface area contributed by atoms with Crippen molar-refractivity contribution in [3.05, 3.63) is 279 Å². The summed E-state index contributed by atoms with van der Waals surface area (Å²) in [5.74, 6) is 0. The zero-order chi connectivity index (χ0) is 49.4. The molecule has 75 heavy (non-hydrogen) atoms. The number of nitrogens with zero attached hydrogens (tertiary/aromatic N) is 2. The molecule has 0 radical (unpaired) electrons. The van der Waals surface area contributed by atoms with E-state index < -0.39 is 0 Å². The number of para-hydroxylation sites is 2. The van der Waals surface area contributed by atoms with Gasteiger partial charge in [0.05, 0.1) is 11.0 Å². The molecule has 0 aliphatic carbocycles. The monoisotopic (exact) mass is 954 g/mol. The molecular formula is C72H46N2O. The smallest absolute Gasteiger partial charge is 0.143 e. The van der Waals surface area contributed by atoms with Crippen LogP contribution in [0.25, 0.3) is 126 Å². The van der Waals surface area contributed by atoms with Crippen molar-refractivity contribution in [2.45, 2.75) is 0 Å². The lowest BCUT2D eigenvalue weighted by molar-refractivity contribution is 0.673. The van der Waals surface area contributed by atoms with Gasteiger partial charge in [0.15, 0.2) is 0 Å². The normalized spacial score (nSPS) is 11.7. The van der Waals surface area contributed by atoms with Gasteiger partial charge in [0, 0.05) is 49.7 Å². The molecular weight excluding hydrogens is 909 g/mol. The number of furan rings is 1. The van der Waals surface area contributed by atoms with Gasteiger partial charge in [-0.1, -0.05) is 200 Å². The maximum atomic E-state index is 6.66. The van der Waals surface area contributed by atoms with Crippen molar-refractivity contribution in [3.8, 4) is 50.2 Å². The molecule has 0 aliphatic heterocycles. The number of anilines is 3. The highest BCUT2D eigenvalue weighted by atomic mass is 16.3. The zero-order valence-corrected chi connectivity index (χ0v) is 40.9. The largest absolute Gasteiger partial charge is 0.455 e. The Labute approximate surface area is 434 Å². The van der Waals surface area contributed by atoms with Gasteiger partial charge in [0.1, 0.15) is 11.2 Å². The Bertz CT molecular complexity index is 4640. The predicted molar refractivity (Wildman–Crippen MR) is 317 cm³/mol. The second-order valence-corrected chi connectivity index (χ2v) is 19.6. The molecule has 0 bridgehead atoms. The van der Waals surface area contributed by atoms with E-state index in [4.69, 9.17) is 4.42 Å². The first-order chi connectivity index (χ1) is 37.2. The van der Waals surface area contributed by atoms with Gasteiger partial charge in [0.2, 0.25) is 0 Å². The molecule has 15 rings (SSSR count). The number of benzene rings is 13. The quantitative estimate of drug-likeness (QED) is 0.142. The summed E-state index contributed by atoms with van der Waals surface area (Å²) in [5.41, 5.74) is 17.9. The van der Waals surface area contributed by atoms with Crippen LogP contribution in [-0.2, 0) is 0 Å². The van der Waals surface area contributed by atoms with E-state index in [0.29, 0.717) is 0 Å². The summed E-state index contributed by atoms with van der Waals surface area (Å²) >= 11 is 0. The minimum atomic E-state index is 0.883. The second kappa shape index (κ2) is 17.4. The van der Waals surface area contributed by atoms with Gasteiger partial charge in [-0.3, -0.25) is 0 Å². The van der Waals surface area contributed by atoms with E-state index in [0.717, 1.165) is 77.9 Å². The van der Waals surface area contributed by atoms with Gasteiger partial charge in [0.25, 0.3) is 0 Å². The fourth-order valence-electron chi connectivity index (χ4n) is 11.8. The first kappa shape index (κ1) is 42.7. The zero-order valence-electron chi connectivity index (χ0n) is 40.9. The van der Waals surface area contributed by atoms with Crippen LogP contribution in [-0.4, -0.2) is 4.57 Å². The van der Waals surface area contributed by atoms with E-state index in [-0.39, 0.29) is 0 Å². The molecule has 0 amide bonds. The van der Waals surface area contributed by atoms with E-state index in [2.05, 4.69) is 289 Å². The highest BCUT2D eigenvalue weighted by Crippen LogP contribution is 2.44. The Morgan fingerprint density at radius 2 is 0.827 bits per heavy atom. The van der Waals surface area contributed by atoms with Gasteiger partial charge >= 0.3 is 0 Å². The molecule has 0 N–H and O–H groups in total. The Kier molecular flexibility index (Phi) is 9.89. The minimum Gasteiger partial charge on any atom is -0.455 e. The fraction of sp³-hybridized carbons (Fsp3) is 0. The molecule has 3 nitrogen and oxygen atoms in total. The third-order valence-corrected chi connectivity index (χ3v) is 15.4. The maximum absolute atomic E-state index is 6.66. The lowest BCUT2D eigenvalue weighted by atomic mass is 9.92. The second-order valence-electron chi connectivity index (χ2n) is 19.6. The molecule has 2 heterocycles. The van der Waals surface area contributed by atoms with Crippen LogP contribution in [0.5, 0.6) is 0 Å². The predicted octanol–water partition coefficient (Wildman–Crippen LogP) is 20.3. The first-order valence-electron chi connectivity index (χ1n) is 25.7. The van der Waals surface area contributed by atoms with Gasteiger partial charge in [-0.25, -0.2) is 0 Å². The topological polar surface area (TPSA) is 21.3 Å². The average Bonchev–Trinajstić information content (AvgIpc) is 4.07. The molecule has 13 aromatic carbocycles. The Morgan fingerprint density at radius 1 is 0.280 bits per heavy atom. The highest BCUT2D eigenvalue weighted by Gasteiger charge is 2.19. The molecule has 0 unspecified atom stereocenters. The molecule has 0 fully saturated rings. The minimum absolute atomic E-state index is 0.883. The van der Waals surface area contributed by atoms with E-state index in [1.807, 2.05) is 0 Å². The molecule has 0 atom stereocenters. The highest BCUT2D eigenvalue weighted by molar-refractivity contribution is 6.19. The molecule has 350 valence electrons. The van der Waals surface area contributed by atoms with Crippen LogP contribution in [0.1, 0.15) is 0 Å². The van der Waals surface area contributed by atoms with Crippen LogP contribution in [0.4, 0.5) is 17.1 Å². The molecule has 0 saturated heterocycles. The van der Waals surface area contributed by atoms with Gasteiger partial charge < -0.3 is 13.9 Å². The van der Waals surface area contributed by atoms with Crippen LogP contribution in [0.15, 0.2) is 283 Å². The average molecular weight is 955 g/mol. The molecule has 2 aromatic heterocycles. The summed E-state index contributed by atoms with van der Waals surface area (Å²) in [5, 5.41) is 12.1. The van der Waals surface area contributed by atoms with Gasteiger partial charge in [-0.2, -0.15) is 0 Å². The first-order valence-corrected chi connectivity index (χ1v) is 25.7. The summed E-state index contributed by atoms with van der Waals surface area (Å²) in [7, 11) is 0. The summed E-state index contributed by atoms with van der Waals surface area (Å²) in [6, 6.07) is 101. The molecule has 0 saturated carbocycles. The van der Waals surface area contributed by atoms with E-state index in [9.17, 15) is 0 Å². The van der Waals surface area contributed by atoms with Crippen LogP contribution in [0.2, 0.25) is 0 Å². The van der Waals surface area contributed by atoms with Crippen LogP contribution >= 0.6 is 0 Å². The SMILES string of the molecule is c1cc(-c2cccc3oc4c5ccccc5ccc4c23)cc(N(c2ccc(-c3ccc(-c4cc5ccccc5c5ccccc45)cc3)cc2)c2ccc(-c3cccc(-n4c5ccccc5c5ccccc54)c3)cc2)c1. The Morgan fingerprint density at radius 3 is 1.55 bits per heavy atom. The van der Waals surface area contributed by atoms with Crippen molar-refractivity contribution in [3.63, 3.8) is 0 Å². The Balaban J connectivity index is 0.816. The number of hydrogen-bond acceptors (Lipinski definition) is 2. The van der Waals surface area contributed by atoms with Crippen molar-refractivity contribution in [1.29, 1.82) is 0 Å². The summed E-state index contributed by atoms with van der Waals surface area (Å²) in [6.45, 7) is 0. The van der Waals surface area contributed by atoms with Crippen molar-refractivity contribution in [1.82, 2.24) is 4.57 Å². The van der Waals surface area contributed by atoms with Crippen LogP contribution < -0.4 is 4.90 Å². The standard InChI is InChI=1S/C72H46N2O/c1-4-21-61-50(14-1)38-43-66-71-60(26-13-29-70(71)75-72(61)66)53-17-12-18-57(45-53)73(56-41-36-49(37-42-56)52-16-11-19-58(44-52)74-68-27-9-7-24-64(68)65-25-8-10-28-69(65)74)55-39-34-48(35-40-55)47-30-32-51(33-31-47)67-46-54-15-2-3-20-59(54)62-22-5-6-23-63(62)67/h1-46H. The third kappa shape index (κ3) is 7.12. The number of rotatable bonds is 8. The third-order valence-electron chi connectivity index (χ3n) is 15.4. The van der Waals surface area contributed by atoms with Crippen molar-refractivity contribution in [2.75, 3.05) is 4.90 Å². The molecule has 15 aromatic rings. The van der Waals surface area contributed by atoms with Gasteiger partial charge in [-0.05, 0) is 150 Å². The van der Waals surface area contributed by atoms with Crippen molar-refractivity contribution < 1.29 is 4.42 Å². The molecule has 0 aliphatic rings. The summed E-state index contributed by atoms with van der Waals surface area (Å²) in [4.78, 5) is 2.38. The number of hydrogen-bond donors (Lipinski definition) is 0. The van der Waals surface area contributed by atoms with Crippen molar-refractivity contribution >= 4 is 93.1 Å². The summed E-state index contributed by atoms with van der Waals surface area (Å²) < 4.78 is 9.04. The van der Waals surface area contributed by atoms with E-state index >= 15 is 0 Å². The molecule has 3 heteroatoms. The Hall–Kier alpha value is -9.96. The van der Waals surface area contributed by atoms with Gasteiger partial charge in [-0.15, -0.1) is 0 Å².